The van der Waals surface area contributed by atoms with Gasteiger partial charge in [-0.1, -0.05) is 49.4 Å². The van der Waals surface area contributed by atoms with Crippen LogP contribution in [0, 0.1) is 0 Å². The van der Waals surface area contributed by atoms with Crippen LogP contribution in [0.25, 0.3) is 11.6 Å². The zero-order valence-electron chi connectivity index (χ0n) is 18.6. The zero-order valence-corrected chi connectivity index (χ0v) is 18.6. The summed E-state index contributed by atoms with van der Waals surface area (Å²) in [5, 5.41) is 2.73. The highest BCUT2D eigenvalue weighted by Gasteiger charge is 2.34. The Morgan fingerprint density at radius 1 is 1.06 bits per heavy atom. The van der Waals surface area contributed by atoms with Gasteiger partial charge in [0.1, 0.15) is 5.70 Å². The Balaban J connectivity index is 1.62. The molecule has 0 aromatic heterocycles. The molecule has 2 aliphatic rings. The van der Waals surface area contributed by atoms with E-state index >= 15 is 0 Å². The minimum absolute atomic E-state index is 0.0413. The maximum absolute atomic E-state index is 12.9. The van der Waals surface area contributed by atoms with Crippen molar-refractivity contribution in [1.29, 1.82) is 0 Å². The Morgan fingerprint density at radius 2 is 1.81 bits per heavy atom. The molecule has 0 unspecified atom stereocenters. The van der Waals surface area contributed by atoms with Crippen LogP contribution in [0.4, 0.5) is 10.5 Å². The number of imide groups is 1. The number of amides is 3. The highest BCUT2D eigenvalue weighted by molar-refractivity contribution is 6.14. The van der Waals surface area contributed by atoms with Gasteiger partial charge >= 0.3 is 6.03 Å². The van der Waals surface area contributed by atoms with Crippen LogP contribution in [0.5, 0.6) is 0 Å². The normalized spacial score (nSPS) is 18.8. The molecule has 0 bridgehead atoms. The molecular weight excluding hydrogens is 386 g/mol. The Morgan fingerprint density at radius 3 is 2.52 bits per heavy atom. The van der Waals surface area contributed by atoms with Gasteiger partial charge in [-0.2, -0.15) is 0 Å². The van der Waals surface area contributed by atoms with Gasteiger partial charge in [-0.3, -0.25) is 9.69 Å². The number of fused-ring (bicyclic) bond motifs is 1. The number of nitrogens with one attached hydrogen (secondary N) is 1. The molecule has 4 rings (SSSR count). The molecule has 0 atom stereocenters. The molecule has 5 heteroatoms. The lowest BCUT2D eigenvalue weighted by Gasteiger charge is -2.43. The topological polar surface area (TPSA) is 52.7 Å². The summed E-state index contributed by atoms with van der Waals surface area (Å²) >= 11 is 0. The number of hydrogen-bond acceptors (Lipinski definition) is 3. The molecule has 5 nitrogen and oxygen atoms in total. The van der Waals surface area contributed by atoms with Gasteiger partial charge in [0, 0.05) is 17.8 Å². The van der Waals surface area contributed by atoms with E-state index < -0.39 is 0 Å². The van der Waals surface area contributed by atoms with E-state index in [4.69, 9.17) is 0 Å². The number of rotatable bonds is 5. The van der Waals surface area contributed by atoms with Crippen LogP contribution in [0.3, 0.4) is 0 Å². The Labute approximate surface area is 184 Å². The summed E-state index contributed by atoms with van der Waals surface area (Å²) in [6.07, 6.45) is 5.13. The molecule has 31 heavy (non-hydrogen) atoms. The van der Waals surface area contributed by atoms with Crippen molar-refractivity contribution in [1.82, 2.24) is 10.2 Å². The molecule has 0 radical (unpaired) electrons. The van der Waals surface area contributed by atoms with Crippen molar-refractivity contribution in [2.75, 3.05) is 11.4 Å². The van der Waals surface area contributed by atoms with Gasteiger partial charge in [0.15, 0.2) is 0 Å². The lowest BCUT2D eigenvalue weighted by atomic mass is 9.87. The van der Waals surface area contributed by atoms with Crippen molar-refractivity contribution in [3.05, 3.63) is 77.0 Å². The molecular formula is C26H29N3O2. The number of carbonyl (C=O) groups excluding carboxylic acids is 2. The van der Waals surface area contributed by atoms with Gasteiger partial charge in [-0.15, -0.1) is 0 Å². The van der Waals surface area contributed by atoms with E-state index in [9.17, 15) is 9.59 Å². The summed E-state index contributed by atoms with van der Waals surface area (Å²) in [5.74, 6) is -0.299. The molecule has 1 fully saturated rings. The third kappa shape index (κ3) is 4.00. The third-order valence-corrected chi connectivity index (χ3v) is 5.91. The first-order valence-corrected chi connectivity index (χ1v) is 10.8. The van der Waals surface area contributed by atoms with Crippen LogP contribution < -0.4 is 10.2 Å². The molecule has 2 heterocycles. The van der Waals surface area contributed by atoms with E-state index in [1.165, 1.54) is 21.7 Å². The molecule has 2 aromatic carbocycles. The molecule has 0 saturated carbocycles. The summed E-state index contributed by atoms with van der Waals surface area (Å²) in [5.41, 5.74) is 5.68. The fraction of sp³-hybridized carbons (Fsp3) is 0.308. The van der Waals surface area contributed by atoms with Crippen LogP contribution >= 0.6 is 0 Å². The fourth-order valence-electron chi connectivity index (χ4n) is 4.47. The highest BCUT2D eigenvalue weighted by Crippen LogP contribution is 2.39. The Bertz CT molecular complexity index is 1080. The van der Waals surface area contributed by atoms with Crippen molar-refractivity contribution in [2.45, 2.75) is 46.2 Å². The minimum Gasteiger partial charge on any atom is -0.362 e. The number of urea groups is 1. The molecule has 2 aliphatic heterocycles. The predicted octanol–water partition coefficient (Wildman–Crippen LogP) is 5.19. The molecule has 1 saturated heterocycles. The predicted molar refractivity (Wildman–Crippen MR) is 125 cm³/mol. The smallest absolute Gasteiger partial charge is 0.329 e. The van der Waals surface area contributed by atoms with E-state index in [1.54, 1.807) is 6.08 Å². The SMILES string of the molecule is CCCN1c2ccc(/C=C3/NC(=O)N(Cc4ccccc4)C3=O)cc2C(C)=CC1(C)C. The van der Waals surface area contributed by atoms with Gasteiger partial charge in [0.2, 0.25) is 0 Å². The maximum Gasteiger partial charge on any atom is 0.329 e. The summed E-state index contributed by atoms with van der Waals surface area (Å²) in [6.45, 7) is 10.0. The van der Waals surface area contributed by atoms with Crippen LogP contribution in [-0.2, 0) is 11.3 Å². The first kappa shape index (κ1) is 20.9. The minimum atomic E-state index is -0.384. The number of hydrogen-bond donors (Lipinski definition) is 1. The molecule has 0 spiro atoms. The van der Waals surface area contributed by atoms with E-state index in [0.717, 1.165) is 24.1 Å². The van der Waals surface area contributed by atoms with E-state index in [-0.39, 0.29) is 24.0 Å². The first-order valence-electron chi connectivity index (χ1n) is 10.8. The van der Waals surface area contributed by atoms with Crippen molar-refractivity contribution >= 4 is 29.3 Å². The van der Waals surface area contributed by atoms with E-state index in [2.05, 4.69) is 56.1 Å². The van der Waals surface area contributed by atoms with Gasteiger partial charge in [-0.05, 0) is 62.1 Å². The summed E-state index contributed by atoms with van der Waals surface area (Å²) in [4.78, 5) is 28.9. The average molecular weight is 416 g/mol. The van der Waals surface area contributed by atoms with Crippen molar-refractivity contribution < 1.29 is 9.59 Å². The summed E-state index contributed by atoms with van der Waals surface area (Å²) < 4.78 is 0. The Kier molecular flexibility index (Phi) is 5.44. The quantitative estimate of drug-likeness (QED) is 0.540. The Hall–Kier alpha value is -3.34. The molecule has 1 N–H and O–H groups in total. The van der Waals surface area contributed by atoms with Gasteiger partial charge in [0.25, 0.3) is 5.91 Å². The fourth-order valence-corrected chi connectivity index (χ4v) is 4.47. The van der Waals surface area contributed by atoms with Crippen LogP contribution in [-0.4, -0.2) is 28.9 Å². The maximum atomic E-state index is 12.9. The second-order valence-electron chi connectivity index (χ2n) is 8.77. The van der Waals surface area contributed by atoms with Gasteiger partial charge in [0.05, 0.1) is 12.1 Å². The first-order chi connectivity index (χ1) is 14.8. The number of carbonyl (C=O) groups is 2. The average Bonchev–Trinajstić information content (AvgIpc) is 2.99. The van der Waals surface area contributed by atoms with Crippen molar-refractivity contribution in [2.24, 2.45) is 0 Å². The molecule has 0 aliphatic carbocycles. The van der Waals surface area contributed by atoms with E-state index in [1.807, 2.05) is 36.4 Å². The summed E-state index contributed by atoms with van der Waals surface area (Å²) in [7, 11) is 0. The van der Waals surface area contributed by atoms with Gasteiger partial charge < -0.3 is 10.2 Å². The molecule has 3 amide bonds. The second-order valence-corrected chi connectivity index (χ2v) is 8.77. The van der Waals surface area contributed by atoms with Crippen LogP contribution in [0.1, 0.15) is 50.8 Å². The monoisotopic (exact) mass is 415 g/mol. The van der Waals surface area contributed by atoms with Crippen molar-refractivity contribution in [3.8, 4) is 0 Å². The van der Waals surface area contributed by atoms with Crippen molar-refractivity contribution in [3.63, 3.8) is 0 Å². The number of benzene rings is 2. The zero-order chi connectivity index (χ0) is 22.2. The number of nitrogens with zero attached hydrogens (tertiary/aromatic N) is 2. The second kappa shape index (κ2) is 8.06. The molecule has 2 aromatic rings. The number of allylic oxidation sites excluding steroid dienone is 1. The van der Waals surface area contributed by atoms with Gasteiger partial charge in [-0.25, -0.2) is 4.79 Å². The van der Waals surface area contributed by atoms with Crippen LogP contribution in [0.2, 0.25) is 0 Å². The highest BCUT2D eigenvalue weighted by atomic mass is 16.2. The summed E-state index contributed by atoms with van der Waals surface area (Å²) in [6, 6.07) is 15.4. The number of anilines is 1. The van der Waals surface area contributed by atoms with E-state index in [0.29, 0.717) is 5.70 Å². The standard InChI is InChI=1S/C26H29N3O2/c1-5-13-29-23-12-11-20(14-21(23)18(2)16-26(29,3)4)15-22-24(30)28(25(31)27-22)17-19-9-7-6-8-10-19/h6-12,14-16H,5,13,17H2,1-4H3,(H,27,31)/b22-15+. The lowest BCUT2D eigenvalue weighted by molar-refractivity contribution is -0.123. The third-order valence-electron chi connectivity index (χ3n) is 5.91. The van der Waals surface area contributed by atoms with Crippen LogP contribution in [0.15, 0.2) is 60.3 Å². The molecule has 160 valence electrons. The largest absolute Gasteiger partial charge is 0.362 e. The lowest BCUT2D eigenvalue weighted by Crippen LogP contribution is -2.45.